The lowest BCUT2D eigenvalue weighted by Crippen LogP contribution is -2.11. The maximum Gasteiger partial charge on any atom is 0.182 e. The van der Waals surface area contributed by atoms with E-state index in [-0.39, 0.29) is 11.9 Å². The number of imidazole rings is 1. The van der Waals surface area contributed by atoms with Gasteiger partial charge in [0.1, 0.15) is 17.7 Å². The molecule has 6 nitrogen and oxygen atoms in total. The molecule has 0 unspecified atom stereocenters. The minimum Gasteiger partial charge on any atom is -0.362 e. The Bertz CT molecular complexity index is 1320. The summed E-state index contributed by atoms with van der Waals surface area (Å²) < 4.78 is 14.1. The van der Waals surface area contributed by atoms with E-state index in [1.54, 1.807) is 18.5 Å². The van der Waals surface area contributed by atoms with E-state index in [0.717, 1.165) is 33.1 Å². The van der Waals surface area contributed by atoms with Crippen LogP contribution in [0, 0.1) is 5.82 Å². The molecule has 2 aromatic carbocycles. The molecule has 7 heteroatoms. The number of halogens is 1. The maximum atomic E-state index is 14.1. The number of aromatic amines is 1. The number of rotatable bonds is 4. The minimum atomic E-state index is -0.288. The predicted molar refractivity (Wildman–Crippen MR) is 111 cm³/mol. The molecule has 142 valence electrons. The number of anilines is 1. The van der Waals surface area contributed by atoms with Crippen LogP contribution in [0.25, 0.3) is 33.2 Å². The van der Waals surface area contributed by atoms with Gasteiger partial charge in [-0.3, -0.25) is 4.98 Å². The molecule has 0 bridgehead atoms. The second kappa shape index (κ2) is 6.94. The number of nitrogens with zero attached hydrogens (tertiary/aromatic N) is 4. The molecule has 0 spiro atoms. The lowest BCUT2D eigenvalue weighted by Gasteiger charge is -2.20. The zero-order valence-electron chi connectivity index (χ0n) is 15.6. The van der Waals surface area contributed by atoms with Crippen molar-refractivity contribution in [2.75, 3.05) is 5.32 Å². The number of aromatic nitrogens is 5. The average molecular weight is 384 g/mol. The maximum absolute atomic E-state index is 14.1. The first-order valence-corrected chi connectivity index (χ1v) is 9.25. The first-order valence-electron chi connectivity index (χ1n) is 9.25. The van der Waals surface area contributed by atoms with Crippen LogP contribution in [-0.2, 0) is 0 Å². The normalized spacial score (nSPS) is 12.3. The molecule has 0 radical (unpaired) electrons. The molecule has 0 aliphatic carbocycles. The summed E-state index contributed by atoms with van der Waals surface area (Å²) in [6.45, 7) is 2.03. The topological polar surface area (TPSA) is 79.4 Å². The molecule has 3 aromatic heterocycles. The second-order valence-electron chi connectivity index (χ2n) is 6.81. The predicted octanol–water partition coefficient (Wildman–Crippen LogP) is 4.88. The lowest BCUT2D eigenvalue weighted by atomic mass is 9.93. The number of nitrogens with one attached hydrogen (secondary N) is 2. The summed E-state index contributed by atoms with van der Waals surface area (Å²) >= 11 is 0. The van der Waals surface area contributed by atoms with Gasteiger partial charge in [0.05, 0.1) is 17.9 Å². The van der Waals surface area contributed by atoms with Crippen LogP contribution in [0.2, 0.25) is 0 Å². The monoisotopic (exact) mass is 384 g/mol. The molecule has 29 heavy (non-hydrogen) atoms. The van der Waals surface area contributed by atoms with Crippen molar-refractivity contribution >= 4 is 27.9 Å². The first-order chi connectivity index (χ1) is 14.2. The van der Waals surface area contributed by atoms with Crippen molar-refractivity contribution in [1.82, 2.24) is 24.9 Å². The summed E-state index contributed by atoms with van der Waals surface area (Å²) in [5.74, 6) is 0.363. The molecular formula is C22H17FN6. The van der Waals surface area contributed by atoms with E-state index in [1.165, 1.54) is 12.4 Å². The quantitative estimate of drug-likeness (QED) is 0.462. The molecule has 0 saturated heterocycles. The van der Waals surface area contributed by atoms with Gasteiger partial charge in [-0.1, -0.05) is 30.3 Å². The van der Waals surface area contributed by atoms with Crippen molar-refractivity contribution in [3.63, 3.8) is 0 Å². The summed E-state index contributed by atoms with van der Waals surface area (Å²) in [5.41, 5.74) is 4.98. The van der Waals surface area contributed by atoms with E-state index in [2.05, 4.69) is 30.2 Å². The number of fused-ring (bicyclic) bond motifs is 2. The van der Waals surface area contributed by atoms with Crippen LogP contribution >= 0.6 is 0 Å². The summed E-state index contributed by atoms with van der Waals surface area (Å²) in [5, 5.41) is 4.20. The molecule has 0 saturated carbocycles. The summed E-state index contributed by atoms with van der Waals surface area (Å²) in [6, 6.07) is 14.5. The Kier molecular flexibility index (Phi) is 4.13. The fourth-order valence-electron chi connectivity index (χ4n) is 3.59. The van der Waals surface area contributed by atoms with Crippen molar-refractivity contribution in [1.29, 1.82) is 0 Å². The Morgan fingerprint density at radius 2 is 1.86 bits per heavy atom. The largest absolute Gasteiger partial charge is 0.362 e. The van der Waals surface area contributed by atoms with Crippen molar-refractivity contribution in [2.45, 2.75) is 13.0 Å². The molecule has 5 rings (SSSR count). The molecule has 5 aromatic rings. The third-order valence-corrected chi connectivity index (χ3v) is 4.96. The van der Waals surface area contributed by atoms with E-state index < -0.39 is 0 Å². The van der Waals surface area contributed by atoms with Gasteiger partial charge in [0.25, 0.3) is 0 Å². The lowest BCUT2D eigenvalue weighted by molar-refractivity contribution is 0.629. The minimum absolute atomic E-state index is 0.147. The van der Waals surface area contributed by atoms with Crippen LogP contribution in [0.4, 0.5) is 10.2 Å². The Hall–Kier alpha value is -3.87. The van der Waals surface area contributed by atoms with Crippen LogP contribution in [0.3, 0.4) is 0 Å². The van der Waals surface area contributed by atoms with Gasteiger partial charge in [0, 0.05) is 17.1 Å². The van der Waals surface area contributed by atoms with Gasteiger partial charge < -0.3 is 10.3 Å². The highest BCUT2D eigenvalue weighted by Gasteiger charge is 2.18. The zero-order chi connectivity index (χ0) is 19.8. The van der Waals surface area contributed by atoms with Gasteiger partial charge in [-0.05, 0) is 36.2 Å². The van der Waals surface area contributed by atoms with E-state index in [1.807, 2.05) is 43.5 Å². The Morgan fingerprint density at radius 1 is 1.00 bits per heavy atom. The molecular weight excluding hydrogens is 367 g/mol. The van der Waals surface area contributed by atoms with Crippen molar-refractivity contribution < 1.29 is 4.39 Å². The SMILES string of the molecule is C[C@@H](Nc1ncnc2nc[nH]c12)c1cnc2ccc(F)cc2c1-c1ccccc1. The third-order valence-electron chi connectivity index (χ3n) is 4.96. The van der Waals surface area contributed by atoms with Crippen LogP contribution in [-0.4, -0.2) is 24.9 Å². The molecule has 0 aliphatic heterocycles. The van der Waals surface area contributed by atoms with E-state index in [4.69, 9.17) is 0 Å². The number of hydrogen-bond donors (Lipinski definition) is 2. The molecule has 2 N–H and O–H groups in total. The summed E-state index contributed by atoms with van der Waals surface area (Å²) in [6.07, 6.45) is 4.90. The Morgan fingerprint density at radius 3 is 2.72 bits per heavy atom. The standard InChI is InChI=1S/C22H17FN6/c1-13(29-22-20-21(26-11-25-20)27-12-28-22)17-10-24-18-8-7-15(23)9-16(18)19(17)14-5-3-2-4-6-14/h2-13H,1H3,(H2,25,26,27,28,29)/t13-/m1/s1. The van der Waals surface area contributed by atoms with E-state index >= 15 is 0 Å². The van der Waals surface area contributed by atoms with Gasteiger partial charge in [-0.25, -0.2) is 19.3 Å². The molecule has 1 atom stereocenters. The first kappa shape index (κ1) is 17.2. The van der Waals surface area contributed by atoms with Gasteiger partial charge in [0.2, 0.25) is 0 Å². The molecule has 0 fully saturated rings. The highest BCUT2D eigenvalue weighted by Crippen LogP contribution is 2.36. The van der Waals surface area contributed by atoms with Gasteiger partial charge in [0.15, 0.2) is 11.5 Å². The fraction of sp³-hybridized carbons (Fsp3) is 0.0909. The van der Waals surface area contributed by atoms with E-state index in [0.29, 0.717) is 11.5 Å². The number of hydrogen-bond acceptors (Lipinski definition) is 5. The number of pyridine rings is 1. The Labute approximate surface area is 165 Å². The fourth-order valence-corrected chi connectivity index (χ4v) is 3.59. The van der Waals surface area contributed by atoms with Gasteiger partial charge in [-0.15, -0.1) is 0 Å². The second-order valence-corrected chi connectivity index (χ2v) is 6.81. The number of H-pyrrole nitrogens is 1. The molecule has 3 heterocycles. The van der Waals surface area contributed by atoms with Crippen LogP contribution in [0.5, 0.6) is 0 Å². The third kappa shape index (κ3) is 3.06. The van der Waals surface area contributed by atoms with Gasteiger partial charge in [-0.2, -0.15) is 0 Å². The highest BCUT2D eigenvalue weighted by atomic mass is 19.1. The average Bonchev–Trinajstić information content (AvgIpc) is 3.23. The van der Waals surface area contributed by atoms with Gasteiger partial charge >= 0.3 is 0 Å². The van der Waals surface area contributed by atoms with Crippen LogP contribution in [0.1, 0.15) is 18.5 Å². The number of benzene rings is 2. The van der Waals surface area contributed by atoms with Crippen molar-refractivity contribution in [3.8, 4) is 11.1 Å². The van der Waals surface area contributed by atoms with Crippen molar-refractivity contribution in [2.24, 2.45) is 0 Å². The summed E-state index contributed by atoms with van der Waals surface area (Å²) in [4.78, 5) is 20.3. The highest BCUT2D eigenvalue weighted by molar-refractivity contribution is 5.96. The molecule has 0 amide bonds. The van der Waals surface area contributed by atoms with E-state index in [9.17, 15) is 4.39 Å². The van der Waals surface area contributed by atoms with Crippen LogP contribution < -0.4 is 5.32 Å². The molecule has 0 aliphatic rings. The smallest absolute Gasteiger partial charge is 0.182 e. The summed E-state index contributed by atoms with van der Waals surface area (Å²) in [7, 11) is 0. The Balaban J connectivity index is 1.67. The van der Waals surface area contributed by atoms with Crippen molar-refractivity contribution in [3.05, 3.63) is 78.8 Å². The van der Waals surface area contributed by atoms with Crippen LogP contribution in [0.15, 0.2) is 67.4 Å². The zero-order valence-corrected chi connectivity index (χ0v) is 15.6.